The van der Waals surface area contributed by atoms with Crippen molar-refractivity contribution in [2.75, 3.05) is 0 Å². The molecule has 0 saturated heterocycles. The molecule has 21 heavy (non-hydrogen) atoms. The van der Waals surface area contributed by atoms with Crippen molar-refractivity contribution in [1.82, 2.24) is 5.32 Å². The molecule has 0 saturated carbocycles. The van der Waals surface area contributed by atoms with Crippen LogP contribution in [0.25, 0.3) is 0 Å². The van der Waals surface area contributed by atoms with Gasteiger partial charge in [-0.25, -0.2) is 4.79 Å². The van der Waals surface area contributed by atoms with Gasteiger partial charge in [-0.05, 0) is 38.0 Å². The Kier molecular flexibility index (Phi) is 6.49. The monoisotopic (exact) mass is 313 g/mol. The van der Waals surface area contributed by atoms with Crippen molar-refractivity contribution in [3.05, 3.63) is 28.8 Å². The largest absolute Gasteiger partial charge is 0.480 e. The summed E-state index contributed by atoms with van der Waals surface area (Å²) in [5.41, 5.74) is 0.955. The number of rotatable bonds is 7. The fraction of sp³-hybridized carbons (Fsp3) is 0.467. The molecule has 0 aliphatic rings. The van der Waals surface area contributed by atoms with E-state index in [0.717, 1.165) is 5.56 Å². The maximum atomic E-state index is 12.0. The summed E-state index contributed by atoms with van der Waals surface area (Å²) in [5, 5.41) is 11.9. The molecule has 2 N–H and O–H groups in total. The number of nitrogens with one attached hydrogen (secondary N) is 1. The van der Waals surface area contributed by atoms with Gasteiger partial charge in [-0.3, -0.25) is 4.79 Å². The third kappa shape index (κ3) is 5.27. The van der Waals surface area contributed by atoms with Gasteiger partial charge in [0.15, 0.2) is 6.10 Å². The quantitative estimate of drug-likeness (QED) is 0.811. The highest BCUT2D eigenvalue weighted by Gasteiger charge is 2.23. The van der Waals surface area contributed by atoms with Crippen molar-refractivity contribution in [3.8, 4) is 5.75 Å². The number of aryl methyl sites for hydroxylation is 1. The first kappa shape index (κ1) is 17.3. The molecule has 0 radical (unpaired) electrons. The number of carboxylic acids is 1. The fourth-order valence-corrected chi connectivity index (χ4v) is 1.94. The molecule has 0 bridgehead atoms. The smallest absolute Gasteiger partial charge is 0.326 e. The number of amides is 1. The van der Waals surface area contributed by atoms with Gasteiger partial charge in [0.2, 0.25) is 0 Å². The average molecular weight is 314 g/mol. The zero-order valence-electron chi connectivity index (χ0n) is 12.4. The van der Waals surface area contributed by atoms with E-state index in [4.69, 9.17) is 21.4 Å². The summed E-state index contributed by atoms with van der Waals surface area (Å²) >= 11 is 6.00. The van der Waals surface area contributed by atoms with Gasteiger partial charge in [0.05, 0.1) is 5.02 Å². The number of hydrogen-bond acceptors (Lipinski definition) is 3. The van der Waals surface area contributed by atoms with Crippen LogP contribution in [-0.4, -0.2) is 29.1 Å². The van der Waals surface area contributed by atoms with Crippen LogP contribution in [-0.2, 0) is 9.59 Å². The molecule has 2 unspecified atom stereocenters. The predicted octanol–water partition coefficient (Wildman–Crippen LogP) is 2.79. The Hall–Kier alpha value is -1.75. The lowest BCUT2D eigenvalue weighted by molar-refractivity contribution is -0.143. The van der Waals surface area contributed by atoms with Gasteiger partial charge >= 0.3 is 5.97 Å². The van der Waals surface area contributed by atoms with Gasteiger partial charge in [-0.1, -0.05) is 31.0 Å². The van der Waals surface area contributed by atoms with Gasteiger partial charge in [-0.15, -0.1) is 0 Å². The van der Waals surface area contributed by atoms with Crippen molar-refractivity contribution in [2.24, 2.45) is 0 Å². The Bertz CT molecular complexity index is 518. The second-order valence-corrected chi connectivity index (χ2v) is 5.29. The molecule has 0 aromatic heterocycles. The molecule has 0 aliphatic carbocycles. The molecule has 1 aromatic carbocycles. The van der Waals surface area contributed by atoms with Gasteiger partial charge in [-0.2, -0.15) is 0 Å². The molecule has 0 spiro atoms. The molecule has 1 aromatic rings. The molecule has 1 rings (SSSR count). The van der Waals surface area contributed by atoms with Crippen LogP contribution >= 0.6 is 11.6 Å². The third-order valence-electron chi connectivity index (χ3n) is 2.95. The van der Waals surface area contributed by atoms with Crippen LogP contribution in [0.3, 0.4) is 0 Å². The number of carbonyl (C=O) groups is 2. The summed E-state index contributed by atoms with van der Waals surface area (Å²) in [6, 6.07) is 4.35. The molecular weight excluding hydrogens is 294 g/mol. The maximum absolute atomic E-state index is 12.0. The Morgan fingerprint density at radius 2 is 2.10 bits per heavy atom. The second-order valence-electron chi connectivity index (χ2n) is 4.88. The van der Waals surface area contributed by atoms with Gasteiger partial charge in [0.25, 0.3) is 5.91 Å². The van der Waals surface area contributed by atoms with E-state index in [9.17, 15) is 9.59 Å². The van der Waals surface area contributed by atoms with Crippen LogP contribution in [0.2, 0.25) is 5.02 Å². The maximum Gasteiger partial charge on any atom is 0.326 e. The number of benzene rings is 1. The lowest BCUT2D eigenvalue weighted by Crippen LogP contribution is -2.46. The zero-order chi connectivity index (χ0) is 16.0. The van der Waals surface area contributed by atoms with E-state index >= 15 is 0 Å². The van der Waals surface area contributed by atoms with Crippen molar-refractivity contribution in [1.29, 1.82) is 0 Å². The molecule has 0 aliphatic heterocycles. The van der Waals surface area contributed by atoms with Crippen molar-refractivity contribution in [3.63, 3.8) is 0 Å². The van der Waals surface area contributed by atoms with Crippen LogP contribution in [0.5, 0.6) is 5.75 Å². The molecule has 2 atom stereocenters. The normalized spacial score (nSPS) is 13.3. The highest BCUT2D eigenvalue weighted by atomic mass is 35.5. The minimum absolute atomic E-state index is 0.374. The van der Waals surface area contributed by atoms with E-state index in [0.29, 0.717) is 23.6 Å². The molecule has 5 nitrogen and oxygen atoms in total. The molecule has 6 heteroatoms. The van der Waals surface area contributed by atoms with Crippen LogP contribution in [0.1, 0.15) is 32.3 Å². The molecule has 0 heterocycles. The minimum atomic E-state index is -1.05. The fourth-order valence-electron chi connectivity index (χ4n) is 1.78. The molecule has 116 valence electrons. The van der Waals surface area contributed by atoms with Crippen LogP contribution < -0.4 is 10.1 Å². The van der Waals surface area contributed by atoms with E-state index in [1.807, 2.05) is 19.9 Å². The first-order valence-corrected chi connectivity index (χ1v) is 7.19. The highest BCUT2D eigenvalue weighted by Crippen LogP contribution is 2.26. The van der Waals surface area contributed by atoms with Crippen molar-refractivity contribution < 1.29 is 19.4 Å². The number of carboxylic acid groups (broad SMARTS) is 1. The van der Waals surface area contributed by atoms with Crippen LogP contribution in [0, 0.1) is 6.92 Å². The molecule has 1 amide bonds. The molecular formula is C15H20ClNO4. The van der Waals surface area contributed by atoms with Crippen molar-refractivity contribution in [2.45, 2.75) is 45.8 Å². The predicted molar refractivity (Wildman–Crippen MR) is 80.8 cm³/mol. The lowest BCUT2D eigenvalue weighted by atomic mass is 10.1. The second kappa shape index (κ2) is 7.88. The third-order valence-corrected chi connectivity index (χ3v) is 3.26. The summed E-state index contributed by atoms with van der Waals surface area (Å²) in [5.74, 6) is -1.12. The average Bonchev–Trinajstić information content (AvgIpc) is 2.42. The van der Waals surface area contributed by atoms with Crippen LogP contribution in [0.4, 0.5) is 0 Å². The Labute approximate surface area is 129 Å². The lowest BCUT2D eigenvalue weighted by Gasteiger charge is -2.19. The van der Waals surface area contributed by atoms with E-state index in [-0.39, 0.29) is 0 Å². The number of aliphatic carboxylic acids is 1. The first-order chi connectivity index (χ1) is 9.85. The zero-order valence-corrected chi connectivity index (χ0v) is 13.1. The Morgan fingerprint density at radius 3 is 2.67 bits per heavy atom. The van der Waals surface area contributed by atoms with E-state index in [1.54, 1.807) is 19.1 Å². The van der Waals surface area contributed by atoms with Crippen LogP contribution in [0.15, 0.2) is 18.2 Å². The Morgan fingerprint density at radius 1 is 1.43 bits per heavy atom. The first-order valence-electron chi connectivity index (χ1n) is 6.81. The number of halogens is 1. The highest BCUT2D eigenvalue weighted by molar-refractivity contribution is 6.32. The topological polar surface area (TPSA) is 75.6 Å². The van der Waals surface area contributed by atoms with E-state index < -0.39 is 24.0 Å². The number of ether oxygens (including phenoxy) is 1. The summed E-state index contributed by atoms with van der Waals surface area (Å²) in [7, 11) is 0. The summed E-state index contributed by atoms with van der Waals surface area (Å²) < 4.78 is 5.51. The Balaban J connectivity index is 2.69. The van der Waals surface area contributed by atoms with Gasteiger partial charge in [0.1, 0.15) is 11.8 Å². The van der Waals surface area contributed by atoms with Crippen molar-refractivity contribution >= 4 is 23.5 Å². The van der Waals surface area contributed by atoms with E-state index in [2.05, 4.69) is 5.32 Å². The summed E-state index contributed by atoms with van der Waals surface area (Å²) in [6.45, 7) is 5.29. The number of carbonyl (C=O) groups excluding carboxylic acids is 1. The van der Waals surface area contributed by atoms with Gasteiger partial charge in [0, 0.05) is 0 Å². The summed E-state index contributed by atoms with van der Waals surface area (Å²) in [4.78, 5) is 23.0. The molecule has 0 fully saturated rings. The van der Waals surface area contributed by atoms with E-state index in [1.165, 1.54) is 0 Å². The SMILES string of the molecule is CCCC(NC(=O)C(C)Oc1cc(C)ccc1Cl)C(=O)O. The summed E-state index contributed by atoms with van der Waals surface area (Å²) in [6.07, 6.45) is 0.206. The van der Waals surface area contributed by atoms with Gasteiger partial charge < -0.3 is 15.2 Å². The number of hydrogen-bond donors (Lipinski definition) is 2. The minimum Gasteiger partial charge on any atom is -0.480 e. The standard InChI is InChI=1S/C15H20ClNO4/c1-4-5-12(15(19)20)17-14(18)10(3)21-13-8-9(2)6-7-11(13)16/h6-8,10,12H,4-5H2,1-3H3,(H,17,18)(H,19,20).